The molecule has 1 aromatic heterocycles. The topological polar surface area (TPSA) is 114 Å². The standard InChI is InChI=1S/C10H8N4O4/c1-6-9(10(15)18-13-6)12-11-7-3-2-4-8(5-7)14(16)17/h2-5,13H,1H3. The van der Waals surface area contributed by atoms with Crippen LogP contribution in [0.25, 0.3) is 0 Å². The van der Waals surface area contributed by atoms with Crippen LogP contribution in [-0.4, -0.2) is 10.1 Å². The number of aryl methyl sites for hydroxylation is 1. The molecule has 8 nitrogen and oxygen atoms in total. The molecule has 92 valence electrons. The van der Waals surface area contributed by atoms with Crippen LogP contribution in [0.2, 0.25) is 0 Å². The molecular formula is C10H8N4O4. The van der Waals surface area contributed by atoms with Crippen molar-refractivity contribution in [2.75, 3.05) is 0 Å². The van der Waals surface area contributed by atoms with Gasteiger partial charge in [-0.3, -0.25) is 10.1 Å². The quantitative estimate of drug-likeness (QED) is 0.510. The SMILES string of the molecule is Cc1[nH]oc(=O)c1N=Nc1cccc([N+](=O)[O-])c1. The zero-order chi connectivity index (χ0) is 13.1. The van der Waals surface area contributed by atoms with Gasteiger partial charge in [-0.1, -0.05) is 6.07 Å². The predicted octanol–water partition coefficient (Wildman–Crippen LogP) is 2.60. The molecule has 0 amide bonds. The van der Waals surface area contributed by atoms with Crippen molar-refractivity contribution in [1.29, 1.82) is 0 Å². The molecule has 0 bridgehead atoms. The summed E-state index contributed by atoms with van der Waals surface area (Å²) in [5, 5.41) is 20.4. The van der Waals surface area contributed by atoms with Crippen LogP contribution in [0.4, 0.5) is 17.1 Å². The fraction of sp³-hybridized carbons (Fsp3) is 0.100. The molecule has 2 rings (SSSR count). The van der Waals surface area contributed by atoms with Gasteiger partial charge >= 0.3 is 5.63 Å². The summed E-state index contributed by atoms with van der Waals surface area (Å²) >= 11 is 0. The molecular weight excluding hydrogens is 240 g/mol. The third-order valence-electron chi connectivity index (χ3n) is 2.15. The van der Waals surface area contributed by atoms with Gasteiger partial charge in [0.15, 0.2) is 5.69 Å². The molecule has 2 aromatic rings. The van der Waals surface area contributed by atoms with Crippen molar-refractivity contribution >= 4 is 17.1 Å². The summed E-state index contributed by atoms with van der Waals surface area (Å²) in [5.41, 5.74) is 0.0332. The molecule has 0 saturated heterocycles. The molecule has 0 unspecified atom stereocenters. The Labute approximate surface area is 100 Å². The second-order valence-electron chi connectivity index (χ2n) is 3.44. The Morgan fingerprint density at radius 3 is 2.78 bits per heavy atom. The number of nitrogens with one attached hydrogen (secondary N) is 1. The Balaban J connectivity index is 2.32. The molecule has 1 aromatic carbocycles. The number of benzene rings is 1. The number of hydrogen-bond acceptors (Lipinski definition) is 6. The van der Waals surface area contributed by atoms with Crippen LogP contribution in [0.3, 0.4) is 0 Å². The minimum atomic E-state index is -0.637. The molecule has 0 aliphatic rings. The molecule has 18 heavy (non-hydrogen) atoms. The molecule has 0 aliphatic heterocycles. The van der Waals surface area contributed by atoms with E-state index in [1.54, 1.807) is 13.0 Å². The zero-order valence-electron chi connectivity index (χ0n) is 9.28. The minimum Gasteiger partial charge on any atom is -0.336 e. The summed E-state index contributed by atoms with van der Waals surface area (Å²) in [6.07, 6.45) is 0. The van der Waals surface area contributed by atoms with Crippen molar-refractivity contribution in [1.82, 2.24) is 5.16 Å². The maximum atomic E-state index is 11.2. The van der Waals surface area contributed by atoms with Crippen molar-refractivity contribution in [3.63, 3.8) is 0 Å². The number of aromatic nitrogens is 1. The Hall–Kier alpha value is -2.77. The van der Waals surface area contributed by atoms with Crippen LogP contribution >= 0.6 is 0 Å². The van der Waals surface area contributed by atoms with E-state index in [4.69, 9.17) is 0 Å². The number of nitro benzene ring substituents is 1. The van der Waals surface area contributed by atoms with Gasteiger partial charge in [-0.2, -0.15) is 0 Å². The highest BCUT2D eigenvalue weighted by molar-refractivity contribution is 5.47. The van der Waals surface area contributed by atoms with E-state index in [2.05, 4.69) is 19.9 Å². The van der Waals surface area contributed by atoms with Gasteiger partial charge in [-0.15, -0.1) is 10.2 Å². The number of nitrogens with zero attached hydrogens (tertiary/aromatic N) is 3. The largest absolute Gasteiger partial charge is 0.384 e. The first-order chi connectivity index (χ1) is 8.58. The number of aromatic amines is 1. The van der Waals surface area contributed by atoms with E-state index in [1.807, 2.05) is 0 Å². The summed E-state index contributed by atoms with van der Waals surface area (Å²) in [6, 6.07) is 5.63. The van der Waals surface area contributed by atoms with Crippen molar-refractivity contribution in [3.8, 4) is 0 Å². The molecule has 0 spiro atoms. The van der Waals surface area contributed by atoms with E-state index < -0.39 is 10.5 Å². The van der Waals surface area contributed by atoms with Crippen LogP contribution in [0.15, 0.2) is 43.8 Å². The molecule has 1 heterocycles. The van der Waals surface area contributed by atoms with E-state index in [0.717, 1.165) is 0 Å². The second kappa shape index (κ2) is 4.62. The van der Waals surface area contributed by atoms with Crippen LogP contribution < -0.4 is 5.63 Å². The predicted molar refractivity (Wildman–Crippen MR) is 61.3 cm³/mol. The monoisotopic (exact) mass is 248 g/mol. The highest BCUT2D eigenvalue weighted by Crippen LogP contribution is 2.22. The maximum Gasteiger partial charge on any atom is 0.384 e. The highest BCUT2D eigenvalue weighted by Gasteiger charge is 2.08. The van der Waals surface area contributed by atoms with E-state index >= 15 is 0 Å². The van der Waals surface area contributed by atoms with Crippen molar-refractivity contribution in [2.45, 2.75) is 6.92 Å². The van der Waals surface area contributed by atoms with Crippen LogP contribution in [0.5, 0.6) is 0 Å². The van der Waals surface area contributed by atoms with Crippen molar-refractivity contribution in [2.24, 2.45) is 10.2 Å². The molecule has 0 saturated carbocycles. The maximum absolute atomic E-state index is 11.2. The first-order valence-electron chi connectivity index (χ1n) is 4.92. The number of non-ortho nitro benzene ring substituents is 1. The Morgan fingerprint density at radius 2 is 2.17 bits per heavy atom. The Kier molecular flexibility index (Phi) is 3.00. The number of H-pyrrole nitrogens is 1. The summed E-state index contributed by atoms with van der Waals surface area (Å²) in [6.45, 7) is 1.60. The fourth-order valence-corrected chi connectivity index (χ4v) is 1.27. The highest BCUT2D eigenvalue weighted by atomic mass is 16.6. The number of rotatable bonds is 3. The van der Waals surface area contributed by atoms with E-state index in [0.29, 0.717) is 5.69 Å². The summed E-state index contributed by atoms with van der Waals surface area (Å²) in [5.74, 6) is 0. The summed E-state index contributed by atoms with van der Waals surface area (Å²) < 4.78 is 4.50. The Morgan fingerprint density at radius 1 is 1.39 bits per heavy atom. The first kappa shape index (κ1) is 11.7. The van der Waals surface area contributed by atoms with Crippen LogP contribution in [0, 0.1) is 17.0 Å². The van der Waals surface area contributed by atoms with Gasteiger partial charge in [0, 0.05) is 12.1 Å². The summed E-state index contributed by atoms with van der Waals surface area (Å²) in [7, 11) is 0. The lowest BCUT2D eigenvalue weighted by Crippen LogP contribution is -1.89. The average molecular weight is 248 g/mol. The lowest BCUT2D eigenvalue weighted by molar-refractivity contribution is -0.384. The van der Waals surface area contributed by atoms with E-state index in [-0.39, 0.29) is 17.1 Å². The fourth-order valence-electron chi connectivity index (χ4n) is 1.27. The molecule has 0 fully saturated rings. The molecule has 0 atom stereocenters. The number of azo groups is 1. The molecule has 0 radical (unpaired) electrons. The second-order valence-corrected chi connectivity index (χ2v) is 3.44. The van der Waals surface area contributed by atoms with Gasteiger partial charge in [0.2, 0.25) is 0 Å². The van der Waals surface area contributed by atoms with Crippen molar-refractivity contribution in [3.05, 3.63) is 50.5 Å². The third-order valence-corrected chi connectivity index (χ3v) is 2.15. The number of hydrogen-bond donors (Lipinski definition) is 1. The third kappa shape index (κ3) is 2.32. The van der Waals surface area contributed by atoms with Crippen molar-refractivity contribution < 1.29 is 9.45 Å². The lowest BCUT2D eigenvalue weighted by Gasteiger charge is -1.92. The van der Waals surface area contributed by atoms with Crippen LogP contribution in [-0.2, 0) is 0 Å². The van der Waals surface area contributed by atoms with Gasteiger partial charge in [-0.05, 0) is 13.0 Å². The average Bonchev–Trinajstić information content (AvgIpc) is 2.67. The smallest absolute Gasteiger partial charge is 0.336 e. The van der Waals surface area contributed by atoms with E-state index in [1.165, 1.54) is 18.2 Å². The number of nitro groups is 1. The molecule has 1 N–H and O–H groups in total. The van der Waals surface area contributed by atoms with Gasteiger partial charge < -0.3 is 4.52 Å². The lowest BCUT2D eigenvalue weighted by atomic mass is 10.3. The normalized spacial score (nSPS) is 10.9. The molecule has 0 aliphatic carbocycles. The summed E-state index contributed by atoms with van der Waals surface area (Å²) in [4.78, 5) is 21.2. The first-order valence-corrected chi connectivity index (χ1v) is 4.92. The minimum absolute atomic E-state index is 0.0431. The van der Waals surface area contributed by atoms with Gasteiger partial charge in [-0.25, -0.2) is 9.95 Å². The van der Waals surface area contributed by atoms with E-state index in [9.17, 15) is 14.9 Å². The van der Waals surface area contributed by atoms with Gasteiger partial charge in [0.25, 0.3) is 5.69 Å². The Bertz CT molecular complexity index is 671. The van der Waals surface area contributed by atoms with Gasteiger partial charge in [0.1, 0.15) is 0 Å². The zero-order valence-corrected chi connectivity index (χ0v) is 9.28. The van der Waals surface area contributed by atoms with Crippen LogP contribution in [0.1, 0.15) is 5.69 Å². The molecule has 8 heteroatoms. The van der Waals surface area contributed by atoms with Gasteiger partial charge in [0.05, 0.1) is 16.3 Å².